The van der Waals surface area contributed by atoms with Crippen LogP contribution in [0.2, 0.25) is 0 Å². The molecule has 21 heavy (non-hydrogen) atoms. The van der Waals surface area contributed by atoms with E-state index < -0.39 is 0 Å². The number of unbranched alkanes of at least 4 members (excludes halogenated alkanes) is 3. The minimum Gasteiger partial charge on any atom is -0.397 e. The van der Waals surface area contributed by atoms with Gasteiger partial charge in [0.15, 0.2) is 0 Å². The number of nitrogen functional groups attached to an aromatic ring is 1. The minimum absolute atomic E-state index is 0.111. The van der Waals surface area contributed by atoms with E-state index in [-0.39, 0.29) is 5.91 Å². The molecule has 0 bridgehead atoms. The Bertz CT molecular complexity index is 600. The lowest BCUT2D eigenvalue weighted by Crippen LogP contribution is -2.24. The van der Waals surface area contributed by atoms with Crippen molar-refractivity contribution in [2.24, 2.45) is 0 Å². The van der Waals surface area contributed by atoms with Crippen LogP contribution >= 0.6 is 23.1 Å². The predicted octanol–water partition coefficient (Wildman–Crippen LogP) is 2.93. The largest absolute Gasteiger partial charge is 0.397 e. The summed E-state index contributed by atoms with van der Waals surface area (Å²) in [6.45, 7) is 0.692. The van der Waals surface area contributed by atoms with Crippen LogP contribution in [-0.2, 0) is 0 Å². The van der Waals surface area contributed by atoms with Gasteiger partial charge in [0.05, 0.1) is 11.9 Å². The third-order valence-corrected chi connectivity index (χ3v) is 4.99. The van der Waals surface area contributed by atoms with Gasteiger partial charge in [0.2, 0.25) is 0 Å². The molecule has 2 heterocycles. The first-order chi connectivity index (χ1) is 10.2. The molecule has 0 saturated heterocycles. The number of thioether (sulfide) groups is 1. The summed E-state index contributed by atoms with van der Waals surface area (Å²) < 4.78 is 0. The van der Waals surface area contributed by atoms with Crippen LogP contribution in [-0.4, -0.2) is 34.7 Å². The highest BCUT2D eigenvalue weighted by molar-refractivity contribution is 7.98. The van der Waals surface area contributed by atoms with Crippen LogP contribution in [0.15, 0.2) is 12.3 Å². The number of rotatable bonds is 8. The molecule has 0 saturated carbocycles. The third kappa shape index (κ3) is 4.31. The van der Waals surface area contributed by atoms with E-state index in [0.29, 0.717) is 21.9 Å². The van der Waals surface area contributed by atoms with Gasteiger partial charge in [0, 0.05) is 11.9 Å². The van der Waals surface area contributed by atoms with Gasteiger partial charge in [0.25, 0.3) is 5.91 Å². The Hall–Kier alpha value is -1.34. The zero-order valence-electron chi connectivity index (χ0n) is 12.1. The summed E-state index contributed by atoms with van der Waals surface area (Å²) in [5.74, 6) is 1.10. The van der Waals surface area contributed by atoms with E-state index >= 15 is 0 Å². The Morgan fingerprint density at radius 1 is 1.38 bits per heavy atom. The summed E-state index contributed by atoms with van der Waals surface area (Å²) in [4.78, 5) is 13.4. The fraction of sp³-hybridized carbons (Fsp3) is 0.500. The maximum atomic E-state index is 12.1. The number of fused-ring (bicyclic) bond motifs is 1. The van der Waals surface area contributed by atoms with Gasteiger partial charge in [-0.1, -0.05) is 12.8 Å². The molecule has 0 aliphatic rings. The SMILES string of the molecule is CSCCCCCCNC(=O)c1sc2nnccc2c1N. The Kier molecular flexibility index (Phi) is 6.25. The van der Waals surface area contributed by atoms with E-state index in [1.165, 1.54) is 29.9 Å². The standard InChI is InChI=1S/C14H20N4OS2/c1-20-9-5-3-2-4-7-16-13(19)12-11(15)10-6-8-17-18-14(10)21-12/h6,8H,2-5,7,9,15H2,1H3,(H,16,19). The van der Waals surface area contributed by atoms with E-state index in [0.717, 1.165) is 18.2 Å². The molecule has 2 aromatic heterocycles. The molecule has 0 spiro atoms. The molecule has 0 unspecified atom stereocenters. The van der Waals surface area contributed by atoms with Gasteiger partial charge in [-0.3, -0.25) is 4.79 Å². The monoisotopic (exact) mass is 324 g/mol. The summed E-state index contributed by atoms with van der Waals surface area (Å²) in [7, 11) is 0. The fourth-order valence-corrected chi connectivity index (χ4v) is 3.50. The second-order valence-electron chi connectivity index (χ2n) is 4.76. The number of nitrogens with two attached hydrogens (primary N) is 1. The number of amides is 1. The molecule has 0 aliphatic carbocycles. The van der Waals surface area contributed by atoms with Gasteiger partial charge in [-0.15, -0.1) is 16.4 Å². The molecule has 0 aliphatic heterocycles. The van der Waals surface area contributed by atoms with Crippen LogP contribution in [0.4, 0.5) is 5.69 Å². The molecular weight excluding hydrogens is 304 g/mol. The quantitative estimate of drug-likeness (QED) is 0.730. The molecule has 7 heteroatoms. The van der Waals surface area contributed by atoms with Crippen molar-refractivity contribution in [1.82, 2.24) is 15.5 Å². The highest BCUT2D eigenvalue weighted by Crippen LogP contribution is 2.31. The number of carbonyl (C=O) groups is 1. The zero-order valence-corrected chi connectivity index (χ0v) is 13.7. The van der Waals surface area contributed by atoms with Crippen LogP contribution in [0.25, 0.3) is 10.2 Å². The number of hydrogen-bond acceptors (Lipinski definition) is 6. The molecule has 0 atom stereocenters. The average molecular weight is 324 g/mol. The zero-order chi connectivity index (χ0) is 15.1. The van der Waals surface area contributed by atoms with Crippen LogP contribution in [0.5, 0.6) is 0 Å². The van der Waals surface area contributed by atoms with E-state index in [4.69, 9.17) is 5.73 Å². The lowest BCUT2D eigenvalue weighted by Gasteiger charge is -2.04. The smallest absolute Gasteiger partial charge is 0.263 e. The Morgan fingerprint density at radius 3 is 2.95 bits per heavy atom. The highest BCUT2D eigenvalue weighted by Gasteiger charge is 2.16. The number of thiophene rings is 1. The van der Waals surface area contributed by atoms with Gasteiger partial charge < -0.3 is 11.1 Å². The van der Waals surface area contributed by atoms with Crippen LogP contribution in [0.3, 0.4) is 0 Å². The predicted molar refractivity (Wildman–Crippen MR) is 91.0 cm³/mol. The number of carbonyl (C=O) groups excluding carboxylic acids is 1. The fourth-order valence-electron chi connectivity index (χ4n) is 2.05. The Labute approximate surface area is 132 Å². The number of hydrogen-bond donors (Lipinski definition) is 2. The summed E-state index contributed by atoms with van der Waals surface area (Å²) in [5.41, 5.74) is 6.51. The van der Waals surface area contributed by atoms with Gasteiger partial charge in [-0.05, 0) is 30.9 Å². The maximum absolute atomic E-state index is 12.1. The van der Waals surface area contributed by atoms with Crippen molar-refractivity contribution in [1.29, 1.82) is 0 Å². The summed E-state index contributed by atoms with van der Waals surface area (Å²) in [5, 5.41) is 11.5. The molecule has 114 valence electrons. The van der Waals surface area contributed by atoms with Crippen molar-refractivity contribution in [2.75, 3.05) is 24.3 Å². The lowest BCUT2D eigenvalue weighted by molar-refractivity contribution is 0.0958. The van der Waals surface area contributed by atoms with Crippen molar-refractivity contribution in [2.45, 2.75) is 25.7 Å². The number of nitrogens with one attached hydrogen (secondary N) is 1. The van der Waals surface area contributed by atoms with Gasteiger partial charge >= 0.3 is 0 Å². The minimum atomic E-state index is -0.111. The second-order valence-corrected chi connectivity index (χ2v) is 6.74. The molecule has 0 fully saturated rings. The average Bonchev–Trinajstić information content (AvgIpc) is 2.84. The molecule has 3 N–H and O–H groups in total. The van der Waals surface area contributed by atoms with E-state index in [9.17, 15) is 4.79 Å². The first-order valence-corrected chi connectivity index (χ1v) is 9.22. The summed E-state index contributed by atoms with van der Waals surface area (Å²) in [6, 6.07) is 1.79. The molecule has 1 amide bonds. The Morgan fingerprint density at radius 2 is 2.19 bits per heavy atom. The number of anilines is 1. The molecule has 0 radical (unpaired) electrons. The first-order valence-electron chi connectivity index (χ1n) is 7.01. The van der Waals surface area contributed by atoms with Crippen molar-refractivity contribution >= 4 is 44.9 Å². The van der Waals surface area contributed by atoms with Crippen LogP contribution in [0, 0.1) is 0 Å². The van der Waals surface area contributed by atoms with Crippen molar-refractivity contribution < 1.29 is 4.79 Å². The number of nitrogens with zero attached hydrogens (tertiary/aromatic N) is 2. The molecule has 0 aromatic carbocycles. The van der Waals surface area contributed by atoms with Crippen molar-refractivity contribution in [3.8, 4) is 0 Å². The van der Waals surface area contributed by atoms with Crippen LogP contribution in [0.1, 0.15) is 35.4 Å². The first kappa shape index (κ1) is 16.0. The molecular formula is C14H20N4OS2. The van der Waals surface area contributed by atoms with Crippen LogP contribution < -0.4 is 11.1 Å². The second kappa shape index (κ2) is 8.19. The van der Waals surface area contributed by atoms with Gasteiger partial charge in [-0.25, -0.2) is 0 Å². The van der Waals surface area contributed by atoms with E-state index in [2.05, 4.69) is 21.8 Å². The number of aromatic nitrogens is 2. The Balaban J connectivity index is 1.81. The molecule has 5 nitrogen and oxygen atoms in total. The van der Waals surface area contributed by atoms with Crippen molar-refractivity contribution in [3.63, 3.8) is 0 Å². The maximum Gasteiger partial charge on any atom is 0.263 e. The highest BCUT2D eigenvalue weighted by atomic mass is 32.2. The normalized spacial score (nSPS) is 10.9. The molecule has 2 aromatic rings. The van der Waals surface area contributed by atoms with E-state index in [1.54, 1.807) is 12.3 Å². The van der Waals surface area contributed by atoms with Gasteiger partial charge in [0.1, 0.15) is 9.71 Å². The third-order valence-electron chi connectivity index (χ3n) is 3.19. The lowest BCUT2D eigenvalue weighted by atomic mass is 10.2. The molecule has 2 rings (SSSR count). The van der Waals surface area contributed by atoms with E-state index in [1.807, 2.05) is 11.8 Å². The summed E-state index contributed by atoms with van der Waals surface area (Å²) >= 11 is 3.17. The summed E-state index contributed by atoms with van der Waals surface area (Å²) in [6.07, 6.45) is 8.33. The van der Waals surface area contributed by atoms with Crippen molar-refractivity contribution in [3.05, 3.63) is 17.1 Å². The van der Waals surface area contributed by atoms with Gasteiger partial charge in [-0.2, -0.15) is 16.9 Å². The topological polar surface area (TPSA) is 80.9 Å².